The van der Waals surface area contributed by atoms with Crippen molar-refractivity contribution < 1.29 is 37.4 Å². The number of halogens is 1. The van der Waals surface area contributed by atoms with Gasteiger partial charge in [0.2, 0.25) is 17.2 Å². The van der Waals surface area contributed by atoms with Crippen molar-refractivity contribution in [2.45, 2.75) is 86.1 Å². The van der Waals surface area contributed by atoms with Gasteiger partial charge in [-0.2, -0.15) is 0 Å². The van der Waals surface area contributed by atoms with E-state index in [4.69, 9.17) is 18.6 Å². The lowest BCUT2D eigenvalue weighted by Gasteiger charge is -2.30. The molecule has 3 fully saturated rings. The average molecular weight is 928 g/mol. The normalized spacial score (nSPS) is 16.8. The fraction of sp³-hybridized carbons (Fsp3) is 0.529. The zero-order chi connectivity index (χ0) is 48.0. The van der Waals surface area contributed by atoms with Crippen LogP contribution < -0.4 is 26.1 Å². The van der Waals surface area contributed by atoms with Crippen LogP contribution >= 0.6 is 0 Å². The van der Waals surface area contributed by atoms with Gasteiger partial charge in [-0.3, -0.25) is 29.0 Å². The van der Waals surface area contributed by atoms with Gasteiger partial charge in [0.25, 0.3) is 5.91 Å². The number of rotatable bonds is 12. The van der Waals surface area contributed by atoms with Gasteiger partial charge in [-0.1, -0.05) is 52.8 Å². The molecule has 4 aliphatic rings. The number of pyridine rings is 1. The Kier molecular flexibility index (Phi) is 18.6. The molecule has 4 aliphatic heterocycles. The molecule has 16 heteroatoms. The molecule has 3 aromatic carbocycles. The fourth-order valence-electron chi connectivity index (χ4n) is 8.81. The number of carbonyl (C=O) groups is 3. The minimum Gasteiger partial charge on any atom is -0.456 e. The third-order valence-corrected chi connectivity index (χ3v) is 12.3. The number of hydrogen-bond donors (Lipinski definition) is 2. The van der Waals surface area contributed by atoms with Crippen molar-refractivity contribution in [3.63, 3.8) is 0 Å². The van der Waals surface area contributed by atoms with Crippen molar-refractivity contribution in [1.29, 1.82) is 0 Å². The molecule has 9 rings (SSSR count). The molecule has 0 saturated carbocycles. The maximum Gasteiger partial charge on any atom is 0.259 e. The van der Waals surface area contributed by atoms with Crippen molar-refractivity contribution in [2.24, 2.45) is 5.73 Å². The smallest absolute Gasteiger partial charge is 0.259 e. The molecular formula is C51H70FN7O8. The number of benzene rings is 3. The van der Waals surface area contributed by atoms with Gasteiger partial charge < -0.3 is 44.0 Å². The van der Waals surface area contributed by atoms with Crippen LogP contribution in [0.3, 0.4) is 0 Å². The number of aromatic nitrogens is 1. The lowest BCUT2D eigenvalue weighted by Crippen LogP contribution is -2.39. The van der Waals surface area contributed by atoms with Gasteiger partial charge in [0.05, 0.1) is 37.5 Å². The third-order valence-electron chi connectivity index (χ3n) is 12.3. The Morgan fingerprint density at radius 2 is 1.45 bits per heavy atom. The standard InChI is InChI=1S/C34H33FN4O5.2C7H15NO.C3H7NO/c1-4-12-37(6-3)31-24(35)14-22-30-33(31)44-28-15-21-20-9-7-8-10-26(20)43-27(21)16-25(28)39(30)18-23(32(22)41)34(42)38-13-11-19(17-38)36-29(40)5-2;2*1-2-3-8-4-6-9-7-5-8;1-2-3(4)5/h7-10,14-16,18-19H,4-6,11-13,17H2,1-3H3,(H,36,40);2*2-7H2,1H3;2H2,1H3,(H2,4,5)/t19-;;;/m1.../s1. The largest absolute Gasteiger partial charge is 0.456 e. The van der Waals surface area contributed by atoms with Crippen molar-refractivity contribution in [2.75, 3.05) is 96.8 Å². The minimum absolute atomic E-state index is 0.0602. The summed E-state index contributed by atoms with van der Waals surface area (Å²) in [5, 5.41) is 4.75. The second-order valence-corrected chi connectivity index (χ2v) is 17.2. The number of primary amides is 1. The molecule has 3 amide bonds. The number of nitrogens with two attached hydrogens (primary N) is 1. The average Bonchev–Trinajstić information content (AvgIpc) is 3.96. The molecule has 0 aliphatic carbocycles. The van der Waals surface area contributed by atoms with Crippen LogP contribution in [0.4, 0.5) is 10.1 Å². The van der Waals surface area contributed by atoms with Crippen LogP contribution in [-0.2, 0) is 19.1 Å². The predicted octanol–water partition coefficient (Wildman–Crippen LogP) is 7.45. The first-order chi connectivity index (χ1) is 32.5. The van der Waals surface area contributed by atoms with Crippen molar-refractivity contribution >= 4 is 56.3 Å². The molecule has 1 atom stereocenters. The number of nitrogens with zero attached hydrogens (tertiary/aromatic N) is 5. The van der Waals surface area contributed by atoms with E-state index in [0.717, 1.165) is 69.8 Å². The first-order valence-electron chi connectivity index (χ1n) is 24.2. The molecule has 3 N–H and O–H groups in total. The van der Waals surface area contributed by atoms with Crippen LogP contribution in [0.15, 0.2) is 57.9 Å². The molecule has 2 aromatic heterocycles. The highest BCUT2D eigenvalue weighted by Crippen LogP contribution is 2.48. The van der Waals surface area contributed by atoms with Gasteiger partial charge in [-0.25, -0.2) is 4.39 Å². The molecule has 0 bridgehead atoms. The number of morpholine rings is 2. The summed E-state index contributed by atoms with van der Waals surface area (Å²) < 4.78 is 40.9. The number of furan rings is 1. The van der Waals surface area contributed by atoms with Gasteiger partial charge in [0, 0.05) is 94.3 Å². The van der Waals surface area contributed by atoms with Gasteiger partial charge in [0.1, 0.15) is 27.9 Å². The number of amides is 3. The Morgan fingerprint density at radius 3 is 2.03 bits per heavy atom. The fourth-order valence-corrected chi connectivity index (χ4v) is 8.81. The first-order valence-corrected chi connectivity index (χ1v) is 24.2. The Morgan fingerprint density at radius 1 is 0.806 bits per heavy atom. The second kappa shape index (κ2) is 24.5. The summed E-state index contributed by atoms with van der Waals surface area (Å²) in [6.07, 6.45) is 6.25. The van der Waals surface area contributed by atoms with E-state index in [1.165, 1.54) is 32.0 Å². The van der Waals surface area contributed by atoms with E-state index >= 15 is 4.39 Å². The van der Waals surface area contributed by atoms with Crippen molar-refractivity contribution in [3.8, 4) is 17.2 Å². The van der Waals surface area contributed by atoms with E-state index in [9.17, 15) is 19.2 Å². The van der Waals surface area contributed by atoms with Crippen LogP contribution in [0, 0.1) is 5.82 Å². The molecular weight excluding hydrogens is 858 g/mol. The topological polar surface area (TPSA) is 165 Å². The third kappa shape index (κ3) is 12.3. The Hall–Kier alpha value is -5.55. The van der Waals surface area contributed by atoms with Gasteiger partial charge in [0.15, 0.2) is 17.3 Å². The summed E-state index contributed by atoms with van der Waals surface area (Å²) in [5.41, 5.74) is 6.61. The van der Waals surface area contributed by atoms with Gasteiger partial charge in [-0.15, -0.1) is 0 Å². The molecule has 0 spiro atoms. The van der Waals surface area contributed by atoms with Crippen LogP contribution in [0.5, 0.6) is 11.5 Å². The highest BCUT2D eigenvalue weighted by molar-refractivity contribution is 6.07. The summed E-state index contributed by atoms with van der Waals surface area (Å²) in [4.78, 5) is 57.7. The van der Waals surface area contributed by atoms with E-state index in [-0.39, 0.29) is 40.2 Å². The summed E-state index contributed by atoms with van der Waals surface area (Å²) in [6.45, 7) is 24.5. The van der Waals surface area contributed by atoms with Crippen molar-refractivity contribution in [1.82, 2.24) is 24.6 Å². The number of nitrogens with one attached hydrogen (secondary N) is 1. The van der Waals surface area contributed by atoms with E-state index in [1.807, 2.05) is 55.1 Å². The Bertz CT molecular complexity index is 2510. The molecule has 0 radical (unpaired) electrons. The number of carbonyl (C=O) groups excluding carboxylic acids is 3. The van der Waals surface area contributed by atoms with E-state index in [1.54, 1.807) is 29.5 Å². The zero-order valence-electron chi connectivity index (χ0n) is 40.3. The predicted molar refractivity (Wildman–Crippen MR) is 262 cm³/mol. The number of ether oxygens (including phenoxy) is 3. The maximum absolute atomic E-state index is 16.1. The zero-order valence-corrected chi connectivity index (χ0v) is 40.3. The van der Waals surface area contributed by atoms with Crippen LogP contribution in [-0.4, -0.2) is 135 Å². The highest BCUT2D eigenvalue weighted by Gasteiger charge is 2.34. The molecule has 15 nitrogen and oxygen atoms in total. The second-order valence-electron chi connectivity index (χ2n) is 17.2. The first kappa shape index (κ1) is 50.9. The number of hydrogen-bond acceptors (Lipinski definition) is 11. The lowest BCUT2D eigenvalue weighted by atomic mass is 10.0. The summed E-state index contributed by atoms with van der Waals surface area (Å²) in [6, 6.07) is 12.4. The molecule has 5 aromatic rings. The van der Waals surface area contributed by atoms with Crippen LogP contribution in [0.2, 0.25) is 0 Å². The van der Waals surface area contributed by atoms with E-state index < -0.39 is 17.2 Å². The molecule has 6 heterocycles. The summed E-state index contributed by atoms with van der Waals surface area (Å²) in [7, 11) is 0. The quantitative estimate of drug-likeness (QED) is 0.125. The number of fused-ring (bicyclic) bond motifs is 5. The Balaban J connectivity index is 0.000000262. The molecule has 3 saturated heterocycles. The summed E-state index contributed by atoms with van der Waals surface area (Å²) >= 11 is 0. The van der Waals surface area contributed by atoms with E-state index in [0.29, 0.717) is 73.6 Å². The molecule has 0 unspecified atom stereocenters. The minimum atomic E-state index is -0.585. The van der Waals surface area contributed by atoms with E-state index in [2.05, 4.69) is 34.7 Å². The number of likely N-dealkylation sites (tertiary alicyclic amines) is 1. The molecule has 364 valence electrons. The Labute approximate surface area is 393 Å². The van der Waals surface area contributed by atoms with Crippen molar-refractivity contribution in [3.05, 3.63) is 70.3 Å². The maximum atomic E-state index is 16.1. The van der Waals surface area contributed by atoms with Gasteiger partial charge >= 0.3 is 0 Å². The number of anilines is 1. The summed E-state index contributed by atoms with van der Waals surface area (Å²) in [5.74, 6) is -0.671. The molecule has 67 heavy (non-hydrogen) atoms. The number of para-hydroxylation sites is 1. The van der Waals surface area contributed by atoms with Crippen LogP contribution in [0.1, 0.15) is 90.4 Å². The highest BCUT2D eigenvalue weighted by atomic mass is 19.1. The SMILES string of the molecule is CCC(N)=O.CCCN(CC)c1c(F)cc2c(=O)c(C(=O)N3CC[C@@H](NC(=O)CC)C3)cn3c2c1Oc1cc2c(cc1-3)oc1ccccc12.CCCN1CCOCC1.CCCN1CCOCC1. The van der Waals surface area contributed by atoms with Crippen LogP contribution in [0.25, 0.3) is 38.5 Å². The monoisotopic (exact) mass is 928 g/mol. The lowest BCUT2D eigenvalue weighted by molar-refractivity contribution is -0.121. The van der Waals surface area contributed by atoms with Gasteiger partial charge in [-0.05, 0) is 63.9 Å².